The topological polar surface area (TPSA) is 75.4 Å². The molecule has 1 heterocycles. The molecule has 1 fully saturated rings. The molecule has 0 spiro atoms. The third-order valence-corrected chi connectivity index (χ3v) is 4.16. The van der Waals surface area contributed by atoms with Crippen LogP contribution in [0, 0.1) is 0 Å². The highest BCUT2D eigenvalue weighted by Crippen LogP contribution is 2.21. The summed E-state index contributed by atoms with van der Waals surface area (Å²) in [7, 11) is 0. The molecule has 1 aliphatic heterocycles. The van der Waals surface area contributed by atoms with Gasteiger partial charge in [-0.15, -0.1) is 0 Å². The molecule has 0 radical (unpaired) electrons. The monoisotopic (exact) mass is 303 g/mol. The first-order chi connectivity index (χ1) is 10.5. The molecule has 2 amide bonds. The van der Waals surface area contributed by atoms with E-state index in [9.17, 15) is 9.59 Å². The van der Waals surface area contributed by atoms with Crippen LogP contribution in [0.3, 0.4) is 0 Å². The van der Waals surface area contributed by atoms with Crippen molar-refractivity contribution < 1.29 is 9.59 Å². The number of benzene rings is 1. The molecule has 2 unspecified atom stereocenters. The van der Waals surface area contributed by atoms with Crippen LogP contribution in [0.4, 0.5) is 0 Å². The first kappa shape index (κ1) is 16.5. The van der Waals surface area contributed by atoms with Crippen molar-refractivity contribution >= 4 is 11.8 Å². The zero-order valence-corrected chi connectivity index (χ0v) is 13.3. The summed E-state index contributed by atoms with van der Waals surface area (Å²) in [5.41, 5.74) is 7.69. The SMILES string of the molecule is CC(=O)NCc1ccc(C(=O)N2CCCCC2C(C)N)cc1. The molecule has 22 heavy (non-hydrogen) atoms. The van der Waals surface area contributed by atoms with Gasteiger partial charge in [0.15, 0.2) is 0 Å². The highest BCUT2D eigenvalue weighted by molar-refractivity contribution is 5.94. The number of piperidine rings is 1. The number of nitrogens with two attached hydrogens (primary N) is 1. The lowest BCUT2D eigenvalue weighted by Gasteiger charge is -2.38. The second-order valence-electron chi connectivity index (χ2n) is 6.03. The van der Waals surface area contributed by atoms with Crippen molar-refractivity contribution in [3.63, 3.8) is 0 Å². The molecular formula is C17H25N3O2. The molecule has 0 bridgehead atoms. The number of nitrogens with zero attached hydrogens (tertiary/aromatic N) is 1. The van der Waals surface area contributed by atoms with Crippen molar-refractivity contribution in [2.45, 2.75) is 51.7 Å². The first-order valence-corrected chi connectivity index (χ1v) is 7.89. The van der Waals surface area contributed by atoms with E-state index in [0.29, 0.717) is 12.1 Å². The fourth-order valence-corrected chi connectivity index (χ4v) is 2.91. The van der Waals surface area contributed by atoms with Crippen LogP contribution in [-0.4, -0.2) is 35.3 Å². The summed E-state index contributed by atoms with van der Waals surface area (Å²) in [4.78, 5) is 25.5. The third kappa shape index (κ3) is 4.07. The molecule has 0 aromatic heterocycles. The molecule has 120 valence electrons. The van der Waals surface area contributed by atoms with Gasteiger partial charge in [-0.3, -0.25) is 9.59 Å². The number of amides is 2. The van der Waals surface area contributed by atoms with Crippen molar-refractivity contribution in [1.29, 1.82) is 0 Å². The maximum absolute atomic E-state index is 12.7. The summed E-state index contributed by atoms with van der Waals surface area (Å²) in [5, 5.41) is 2.75. The molecule has 5 nitrogen and oxygen atoms in total. The van der Waals surface area contributed by atoms with Crippen molar-refractivity contribution in [2.75, 3.05) is 6.54 Å². The number of carbonyl (C=O) groups excluding carboxylic acids is 2. The predicted octanol–water partition coefficient (Wildman–Crippen LogP) is 1.66. The Morgan fingerprint density at radius 2 is 2.00 bits per heavy atom. The van der Waals surface area contributed by atoms with E-state index in [1.165, 1.54) is 6.92 Å². The van der Waals surface area contributed by atoms with Gasteiger partial charge in [-0.25, -0.2) is 0 Å². The zero-order valence-electron chi connectivity index (χ0n) is 13.3. The number of hydrogen-bond donors (Lipinski definition) is 2. The summed E-state index contributed by atoms with van der Waals surface area (Å²) in [5.74, 6) is -0.0127. The minimum atomic E-state index is -0.0618. The molecule has 3 N–H and O–H groups in total. The standard InChI is InChI=1S/C17H25N3O2/c1-12(18)16-5-3-4-10-20(16)17(22)15-8-6-14(7-9-15)11-19-13(2)21/h6-9,12,16H,3-5,10-11,18H2,1-2H3,(H,19,21). The lowest BCUT2D eigenvalue weighted by molar-refractivity contribution is -0.119. The molecule has 1 aliphatic rings. The molecular weight excluding hydrogens is 278 g/mol. The minimum absolute atomic E-state index is 0.0108. The summed E-state index contributed by atoms with van der Waals surface area (Å²) in [6.45, 7) is 4.71. The molecule has 0 aliphatic carbocycles. The number of likely N-dealkylation sites (tertiary alicyclic amines) is 1. The molecule has 1 aromatic rings. The maximum Gasteiger partial charge on any atom is 0.254 e. The van der Waals surface area contributed by atoms with Gasteiger partial charge in [0, 0.05) is 37.7 Å². The van der Waals surface area contributed by atoms with Crippen molar-refractivity contribution in [2.24, 2.45) is 5.73 Å². The number of rotatable bonds is 4. The number of nitrogens with one attached hydrogen (secondary N) is 1. The van der Waals surface area contributed by atoms with Gasteiger partial charge in [0.05, 0.1) is 0 Å². The highest BCUT2D eigenvalue weighted by atomic mass is 16.2. The van der Waals surface area contributed by atoms with E-state index in [1.54, 1.807) is 0 Å². The Kier molecular flexibility index (Phi) is 5.55. The molecule has 0 saturated carbocycles. The number of hydrogen-bond acceptors (Lipinski definition) is 3. The maximum atomic E-state index is 12.7. The Labute approximate surface area is 131 Å². The summed E-state index contributed by atoms with van der Waals surface area (Å²) in [6, 6.07) is 7.53. The van der Waals surface area contributed by atoms with Gasteiger partial charge in [-0.1, -0.05) is 12.1 Å². The summed E-state index contributed by atoms with van der Waals surface area (Å²) >= 11 is 0. The second-order valence-corrected chi connectivity index (χ2v) is 6.03. The van der Waals surface area contributed by atoms with E-state index < -0.39 is 0 Å². The van der Waals surface area contributed by atoms with Gasteiger partial charge in [0.2, 0.25) is 5.91 Å². The largest absolute Gasteiger partial charge is 0.352 e. The Balaban J connectivity index is 2.06. The Hall–Kier alpha value is -1.88. The Bertz CT molecular complexity index is 525. The Morgan fingerprint density at radius 1 is 1.32 bits per heavy atom. The first-order valence-electron chi connectivity index (χ1n) is 7.89. The van der Waals surface area contributed by atoms with Crippen LogP contribution in [0.2, 0.25) is 0 Å². The van der Waals surface area contributed by atoms with Gasteiger partial charge in [0.1, 0.15) is 0 Å². The van der Waals surface area contributed by atoms with Crippen molar-refractivity contribution in [1.82, 2.24) is 10.2 Å². The predicted molar refractivity (Wildman–Crippen MR) is 86.3 cm³/mol. The van der Waals surface area contributed by atoms with Crippen molar-refractivity contribution in [3.8, 4) is 0 Å². The van der Waals surface area contributed by atoms with Crippen LogP contribution in [-0.2, 0) is 11.3 Å². The van der Waals surface area contributed by atoms with Crippen LogP contribution >= 0.6 is 0 Å². The minimum Gasteiger partial charge on any atom is -0.352 e. The van der Waals surface area contributed by atoms with Gasteiger partial charge < -0.3 is 16.0 Å². The Morgan fingerprint density at radius 3 is 2.59 bits per heavy atom. The van der Waals surface area contributed by atoms with E-state index in [0.717, 1.165) is 31.4 Å². The van der Waals surface area contributed by atoms with E-state index in [-0.39, 0.29) is 23.9 Å². The fourth-order valence-electron chi connectivity index (χ4n) is 2.91. The average Bonchev–Trinajstić information content (AvgIpc) is 2.52. The summed E-state index contributed by atoms with van der Waals surface area (Å²) in [6.07, 6.45) is 3.14. The van der Waals surface area contributed by atoms with E-state index in [1.807, 2.05) is 36.1 Å². The summed E-state index contributed by atoms with van der Waals surface area (Å²) < 4.78 is 0. The van der Waals surface area contributed by atoms with E-state index in [2.05, 4.69) is 5.32 Å². The lowest BCUT2D eigenvalue weighted by Crippen LogP contribution is -2.51. The fraction of sp³-hybridized carbons (Fsp3) is 0.529. The second kappa shape index (κ2) is 7.40. The van der Waals surface area contributed by atoms with Crippen LogP contribution in [0.25, 0.3) is 0 Å². The van der Waals surface area contributed by atoms with Gasteiger partial charge in [-0.2, -0.15) is 0 Å². The normalized spacial score (nSPS) is 19.6. The third-order valence-electron chi connectivity index (χ3n) is 4.16. The van der Waals surface area contributed by atoms with Gasteiger partial charge >= 0.3 is 0 Å². The average molecular weight is 303 g/mol. The molecule has 1 saturated heterocycles. The van der Waals surface area contributed by atoms with Crippen molar-refractivity contribution in [3.05, 3.63) is 35.4 Å². The van der Waals surface area contributed by atoms with Gasteiger partial charge in [-0.05, 0) is 43.9 Å². The van der Waals surface area contributed by atoms with Crippen LogP contribution < -0.4 is 11.1 Å². The molecule has 1 aromatic carbocycles. The molecule has 5 heteroatoms. The van der Waals surface area contributed by atoms with Crippen LogP contribution in [0.15, 0.2) is 24.3 Å². The molecule has 2 rings (SSSR count). The van der Waals surface area contributed by atoms with E-state index in [4.69, 9.17) is 5.73 Å². The quantitative estimate of drug-likeness (QED) is 0.888. The van der Waals surface area contributed by atoms with E-state index >= 15 is 0 Å². The molecule has 2 atom stereocenters. The van der Waals surface area contributed by atoms with Crippen LogP contribution in [0.1, 0.15) is 49.0 Å². The highest BCUT2D eigenvalue weighted by Gasteiger charge is 2.29. The lowest BCUT2D eigenvalue weighted by atomic mass is 9.96. The van der Waals surface area contributed by atoms with Crippen LogP contribution in [0.5, 0.6) is 0 Å². The number of carbonyl (C=O) groups is 2. The smallest absolute Gasteiger partial charge is 0.254 e. The zero-order chi connectivity index (χ0) is 16.1. The van der Waals surface area contributed by atoms with Gasteiger partial charge in [0.25, 0.3) is 5.91 Å².